The minimum Gasteiger partial charge on any atom is -0.370 e. The summed E-state index contributed by atoms with van der Waals surface area (Å²) in [6, 6.07) is 0. The molecule has 0 unspecified atom stereocenters. The summed E-state index contributed by atoms with van der Waals surface area (Å²) < 4.78 is 0. The number of hydrogen-bond acceptors (Lipinski definition) is 1. The van der Waals surface area contributed by atoms with Crippen molar-refractivity contribution in [1.82, 2.24) is 5.32 Å². The lowest BCUT2D eigenvalue weighted by molar-refractivity contribution is 0.482. The third-order valence-electron chi connectivity index (χ3n) is 3.20. The predicted molar refractivity (Wildman–Crippen MR) is 85.9 cm³/mol. The average molecular weight is 353 g/mol. The summed E-state index contributed by atoms with van der Waals surface area (Å²) in [6.07, 6.45) is 8.34. The fourth-order valence-corrected chi connectivity index (χ4v) is 2.24. The topological polar surface area (TPSA) is 50.4 Å². The molecule has 0 aromatic rings. The van der Waals surface area contributed by atoms with Crippen molar-refractivity contribution in [3.8, 4) is 0 Å². The maximum absolute atomic E-state index is 5.76. The van der Waals surface area contributed by atoms with Crippen LogP contribution in [-0.4, -0.2) is 19.0 Å². The Morgan fingerprint density at radius 2 is 2.00 bits per heavy atom. The predicted octanol–water partition coefficient (Wildman–Crippen LogP) is 3.14. The molecule has 0 bridgehead atoms. The van der Waals surface area contributed by atoms with Crippen LogP contribution in [0.3, 0.4) is 0 Å². The number of hydrogen-bond donors (Lipinski definition) is 2. The van der Waals surface area contributed by atoms with E-state index in [-0.39, 0.29) is 24.0 Å². The molecule has 0 aliphatic heterocycles. The first-order valence-corrected chi connectivity index (χ1v) is 6.72. The molecule has 3 N–H and O–H groups in total. The largest absolute Gasteiger partial charge is 0.370 e. The van der Waals surface area contributed by atoms with E-state index in [4.69, 9.17) is 5.73 Å². The summed E-state index contributed by atoms with van der Waals surface area (Å²) in [5.74, 6) is 2.18. The molecule has 1 aliphatic rings. The van der Waals surface area contributed by atoms with Crippen molar-refractivity contribution in [2.75, 3.05) is 13.1 Å². The second kappa shape index (κ2) is 9.97. The minimum absolute atomic E-state index is 0. The summed E-state index contributed by atoms with van der Waals surface area (Å²) in [7, 11) is 0. The van der Waals surface area contributed by atoms with E-state index in [1.807, 2.05) is 0 Å². The normalized spacial score (nSPS) is 17.2. The fraction of sp³-hybridized carbons (Fsp3) is 0.923. The van der Waals surface area contributed by atoms with Crippen LogP contribution in [0.15, 0.2) is 4.99 Å². The highest BCUT2D eigenvalue weighted by Gasteiger charge is 2.13. The molecular formula is C13H28IN3. The van der Waals surface area contributed by atoms with Gasteiger partial charge < -0.3 is 11.1 Å². The van der Waals surface area contributed by atoms with Crippen LogP contribution < -0.4 is 11.1 Å². The van der Waals surface area contributed by atoms with Crippen molar-refractivity contribution in [3.05, 3.63) is 0 Å². The van der Waals surface area contributed by atoms with Crippen LogP contribution in [0, 0.1) is 11.8 Å². The van der Waals surface area contributed by atoms with Gasteiger partial charge in [-0.05, 0) is 24.7 Å². The highest BCUT2D eigenvalue weighted by atomic mass is 127. The molecule has 4 heteroatoms. The molecule has 0 aromatic heterocycles. The van der Waals surface area contributed by atoms with Crippen molar-refractivity contribution >= 4 is 29.9 Å². The Morgan fingerprint density at radius 3 is 2.59 bits per heavy atom. The van der Waals surface area contributed by atoms with Gasteiger partial charge >= 0.3 is 0 Å². The van der Waals surface area contributed by atoms with Gasteiger partial charge in [0.15, 0.2) is 5.96 Å². The Bertz CT molecular complexity index is 211. The highest BCUT2D eigenvalue weighted by molar-refractivity contribution is 14.0. The molecule has 3 nitrogen and oxygen atoms in total. The second-order valence-electron chi connectivity index (χ2n) is 5.34. The molecular weight excluding hydrogens is 325 g/mol. The molecule has 0 amide bonds. The van der Waals surface area contributed by atoms with Gasteiger partial charge in [-0.1, -0.05) is 39.5 Å². The molecule has 1 saturated carbocycles. The minimum atomic E-state index is 0. The first-order valence-electron chi connectivity index (χ1n) is 6.72. The number of guanidine groups is 1. The SMILES string of the molecule is CC(C)CN=C(N)NCCCC1CCCC1.I. The van der Waals surface area contributed by atoms with Crippen LogP contribution in [0.5, 0.6) is 0 Å². The smallest absolute Gasteiger partial charge is 0.188 e. The van der Waals surface area contributed by atoms with Crippen LogP contribution in [0.2, 0.25) is 0 Å². The maximum Gasteiger partial charge on any atom is 0.188 e. The lowest BCUT2D eigenvalue weighted by Gasteiger charge is -2.09. The van der Waals surface area contributed by atoms with E-state index in [2.05, 4.69) is 24.2 Å². The third-order valence-corrected chi connectivity index (χ3v) is 3.20. The van der Waals surface area contributed by atoms with Gasteiger partial charge in [-0.2, -0.15) is 0 Å². The summed E-state index contributed by atoms with van der Waals surface area (Å²) >= 11 is 0. The molecule has 1 aliphatic carbocycles. The van der Waals surface area contributed by atoms with Crippen molar-refractivity contribution < 1.29 is 0 Å². The quantitative estimate of drug-likeness (QED) is 0.334. The second-order valence-corrected chi connectivity index (χ2v) is 5.34. The molecule has 1 fully saturated rings. The van der Waals surface area contributed by atoms with Crippen LogP contribution >= 0.6 is 24.0 Å². The van der Waals surface area contributed by atoms with Gasteiger partial charge in [0.2, 0.25) is 0 Å². The van der Waals surface area contributed by atoms with Crippen LogP contribution in [0.4, 0.5) is 0 Å². The van der Waals surface area contributed by atoms with Crippen LogP contribution in [0.1, 0.15) is 52.4 Å². The van der Waals surface area contributed by atoms with Crippen molar-refractivity contribution in [2.24, 2.45) is 22.6 Å². The van der Waals surface area contributed by atoms with Crippen molar-refractivity contribution in [1.29, 1.82) is 0 Å². The Morgan fingerprint density at radius 1 is 1.35 bits per heavy atom. The number of aliphatic imine (C=N–C) groups is 1. The zero-order chi connectivity index (χ0) is 11.8. The van der Waals surface area contributed by atoms with Gasteiger partial charge in [0.25, 0.3) is 0 Å². The van der Waals surface area contributed by atoms with E-state index in [0.717, 1.165) is 19.0 Å². The van der Waals surface area contributed by atoms with Crippen molar-refractivity contribution in [3.63, 3.8) is 0 Å². The number of nitrogens with one attached hydrogen (secondary N) is 1. The molecule has 0 radical (unpaired) electrons. The maximum atomic E-state index is 5.76. The zero-order valence-corrected chi connectivity index (χ0v) is 13.6. The standard InChI is InChI=1S/C13H27N3.HI/c1-11(2)10-16-13(14)15-9-5-8-12-6-3-4-7-12;/h11-12H,3-10H2,1-2H3,(H3,14,15,16);1H. The van der Waals surface area contributed by atoms with E-state index >= 15 is 0 Å². The number of nitrogens with zero attached hydrogens (tertiary/aromatic N) is 1. The molecule has 0 atom stereocenters. The summed E-state index contributed by atoms with van der Waals surface area (Å²) in [6.45, 7) is 6.10. The van der Waals surface area contributed by atoms with E-state index in [1.165, 1.54) is 38.5 Å². The molecule has 1 rings (SSSR count). The van der Waals surface area contributed by atoms with E-state index in [9.17, 15) is 0 Å². The fourth-order valence-electron chi connectivity index (χ4n) is 2.24. The van der Waals surface area contributed by atoms with Gasteiger partial charge in [-0.25, -0.2) is 0 Å². The average Bonchev–Trinajstić information content (AvgIpc) is 2.74. The monoisotopic (exact) mass is 353 g/mol. The number of halogens is 1. The van der Waals surface area contributed by atoms with E-state index in [1.54, 1.807) is 0 Å². The molecule has 102 valence electrons. The lowest BCUT2D eigenvalue weighted by atomic mass is 10.0. The molecule has 0 aromatic carbocycles. The molecule has 0 spiro atoms. The number of rotatable bonds is 6. The van der Waals surface area contributed by atoms with E-state index in [0.29, 0.717) is 11.9 Å². The molecule has 0 saturated heterocycles. The van der Waals surface area contributed by atoms with E-state index < -0.39 is 0 Å². The first-order chi connectivity index (χ1) is 7.68. The van der Waals surface area contributed by atoms with Crippen LogP contribution in [-0.2, 0) is 0 Å². The summed E-state index contributed by atoms with van der Waals surface area (Å²) in [5.41, 5.74) is 5.76. The summed E-state index contributed by atoms with van der Waals surface area (Å²) in [4.78, 5) is 4.28. The number of nitrogens with two attached hydrogens (primary N) is 1. The Labute approximate surface area is 123 Å². The lowest BCUT2D eigenvalue weighted by Crippen LogP contribution is -2.33. The van der Waals surface area contributed by atoms with Gasteiger partial charge in [0.1, 0.15) is 0 Å². The van der Waals surface area contributed by atoms with Crippen LogP contribution in [0.25, 0.3) is 0 Å². The Kier molecular flexibility index (Phi) is 9.97. The summed E-state index contributed by atoms with van der Waals surface area (Å²) in [5, 5.41) is 3.19. The third kappa shape index (κ3) is 8.69. The van der Waals surface area contributed by atoms with Gasteiger partial charge in [0, 0.05) is 13.1 Å². The molecule has 17 heavy (non-hydrogen) atoms. The van der Waals surface area contributed by atoms with Gasteiger partial charge in [-0.3, -0.25) is 4.99 Å². The molecule has 0 heterocycles. The Hall–Kier alpha value is 0. The van der Waals surface area contributed by atoms with Gasteiger partial charge in [0.05, 0.1) is 0 Å². The zero-order valence-electron chi connectivity index (χ0n) is 11.2. The first kappa shape index (κ1) is 17.0. The van der Waals surface area contributed by atoms with Crippen molar-refractivity contribution in [2.45, 2.75) is 52.4 Å². The van der Waals surface area contributed by atoms with Gasteiger partial charge in [-0.15, -0.1) is 24.0 Å². The Balaban J connectivity index is 0.00000256. The highest BCUT2D eigenvalue weighted by Crippen LogP contribution is 2.28.